The van der Waals surface area contributed by atoms with Crippen molar-refractivity contribution in [3.63, 3.8) is 0 Å². The minimum absolute atomic E-state index is 0.502. The molecule has 47 heavy (non-hydrogen) atoms. The van der Waals surface area contributed by atoms with Crippen molar-refractivity contribution >= 4 is 10.8 Å². The fourth-order valence-corrected chi connectivity index (χ4v) is 7.35. The number of fused-ring (bicyclic) bond motifs is 4. The number of nitrogens with zero attached hydrogens (tertiary/aromatic N) is 3. The highest BCUT2D eigenvalue weighted by Crippen LogP contribution is 2.56. The Balaban J connectivity index is 1.32. The van der Waals surface area contributed by atoms with Gasteiger partial charge in [-0.3, -0.25) is 0 Å². The lowest BCUT2D eigenvalue weighted by Crippen LogP contribution is -2.28. The molecule has 3 nitrogen and oxygen atoms in total. The standard InChI is InChI=1S/C44H29N3/c1-4-16-31(17-5-1)41-45-42(47-43(46-41)38-25-14-18-30-15-10-11-23-35(30)38)32-27-28-37-36-24-12-13-26-39(36)44(40(37)29-32,33-19-6-2-7-20-33)34-21-8-3-9-22-34/h1-29H. The second kappa shape index (κ2) is 11.0. The summed E-state index contributed by atoms with van der Waals surface area (Å²) in [5.41, 5.74) is 9.82. The molecule has 0 N–H and O–H groups in total. The van der Waals surface area contributed by atoms with Crippen LogP contribution in [0.4, 0.5) is 0 Å². The fraction of sp³-hybridized carbons (Fsp3) is 0.0227. The molecule has 7 aromatic carbocycles. The lowest BCUT2D eigenvalue weighted by atomic mass is 9.67. The molecule has 0 amide bonds. The zero-order chi connectivity index (χ0) is 31.2. The summed E-state index contributed by atoms with van der Waals surface area (Å²) in [4.78, 5) is 15.4. The van der Waals surface area contributed by atoms with Crippen molar-refractivity contribution in [2.45, 2.75) is 5.41 Å². The molecular formula is C44H29N3. The van der Waals surface area contributed by atoms with Crippen molar-refractivity contribution in [3.8, 4) is 45.3 Å². The van der Waals surface area contributed by atoms with E-state index in [0.29, 0.717) is 17.5 Å². The third-order valence-corrected chi connectivity index (χ3v) is 9.41. The van der Waals surface area contributed by atoms with Crippen LogP contribution in [0.1, 0.15) is 22.3 Å². The Bertz CT molecular complexity index is 2360. The molecule has 8 aromatic rings. The minimum Gasteiger partial charge on any atom is -0.208 e. The Hall–Kier alpha value is -6.19. The Labute approximate surface area is 273 Å². The predicted octanol–water partition coefficient (Wildman–Crippen LogP) is 10.4. The van der Waals surface area contributed by atoms with E-state index in [9.17, 15) is 0 Å². The highest BCUT2D eigenvalue weighted by molar-refractivity contribution is 5.95. The smallest absolute Gasteiger partial charge is 0.164 e. The summed E-state index contributed by atoms with van der Waals surface area (Å²) in [5, 5.41) is 2.27. The van der Waals surface area contributed by atoms with E-state index in [0.717, 1.165) is 27.5 Å². The lowest BCUT2D eigenvalue weighted by molar-refractivity contribution is 0.768. The molecule has 3 heteroatoms. The van der Waals surface area contributed by atoms with Crippen molar-refractivity contribution in [2.24, 2.45) is 0 Å². The van der Waals surface area contributed by atoms with E-state index < -0.39 is 5.41 Å². The van der Waals surface area contributed by atoms with Crippen molar-refractivity contribution in [3.05, 3.63) is 198 Å². The van der Waals surface area contributed by atoms with Gasteiger partial charge in [0.15, 0.2) is 17.5 Å². The van der Waals surface area contributed by atoms with Crippen LogP contribution < -0.4 is 0 Å². The van der Waals surface area contributed by atoms with Gasteiger partial charge in [0.2, 0.25) is 0 Å². The first kappa shape index (κ1) is 27.1. The average Bonchev–Trinajstić information content (AvgIpc) is 3.46. The number of rotatable bonds is 5. The zero-order valence-corrected chi connectivity index (χ0v) is 25.6. The van der Waals surface area contributed by atoms with Gasteiger partial charge in [0.05, 0.1) is 5.41 Å². The van der Waals surface area contributed by atoms with Crippen molar-refractivity contribution in [1.29, 1.82) is 0 Å². The maximum absolute atomic E-state index is 5.20. The van der Waals surface area contributed by atoms with Crippen LogP contribution in [0, 0.1) is 0 Å². The Morgan fingerprint density at radius 3 is 1.62 bits per heavy atom. The monoisotopic (exact) mass is 599 g/mol. The summed E-state index contributed by atoms with van der Waals surface area (Å²) in [5.74, 6) is 1.96. The lowest BCUT2D eigenvalue weighted by Gasteiger charge is -2.34. The Morgan fingerprint density at radius 2 is 0.872 bits per heavy atom. The average molecular weight is 600 g/mol. The van der Waals surface area contributed by atoms with Crippen LogP contribution in [-0.2, 0) is 5.41 Å². The van der Waals surface area contributed by atoms with Crippen LogP contribution >= 0.6 is 0 Å². The summed E-state index contributed by atoms with van der Waals surface area (Å²) in [6.45, 7) is 0. The summed E-state index contributed by atoms with van der Waals surface area (Å²) in [6, 6.07) is 62.2. The van der Waals surface area contributed by atoms with Crippen molar-refractivity contribution < 1.29 is 0 Å². The third kappa shape index (κ3) is 4.32. The van der Waals surface area contributed by atoms with E-state index in [1.165, 1.54) is 33.4 Å². The van der Waals surface area contributed by atoms with Crippen LogP contribution in [0.25, 0.3) is 56.1 Å². The minimum atomic E-state index is -0.502. The van der Waals surface area contributed by atoms with Crippen molar-refractivity contribution in [2.75, 3.05) is 0 Å². The molecule has 0 radical (unpaired) electrons. The summed E-state index contributed by atoms with van der Waals surface area (Å²) < 4.78 is 0. The molecule has 9 rings (SSSR count). The van der Waals surface area contributed by atoms with Gasteiger partial charge in [-0.05, 0) is 50.2 Å². The molecular weight excluding hydrogens is 571 g/mol. The van der Waals surface area contributed by atoms with Gasteiger partial charge in [-0.25, -0.2) is 15.0 Å². The molecule has 0 fully saturated rings. The van der Waals surface area contributed by atoms with E-state index >= 15 is 0 Å². The fourth-order valence-electron chi connectivity index (χ4n) is 7.35. The van der Waals surface area contributed by atoms with Gasteiger partial charge < -0.3 is 0 Å². The second-order valence-corrected chi connectivity index (χ2v) is 12.0. The van der Waals surface area contributed by atoms with Gasteiger partial charge in [-0.2, -0.15) is 0 Å². The van der Waals surface area contributed by atoms with Crippen molar-refractivity contribution in [1.82, 2.24) is 15.0 Å². The van der Waals surface area contributed by atoms with Gasteiger partial charge in [0.1, 0.15) is 0 Å². The molecule has 0 aliphatic heterocycles. The first-order valence-electron chi connectivity index (χ1n) is 16.0. The molecule has 0 bridgehead atoms. The molecule has 0 unspecified atom stereocenters. The van der Waals surface area contributed by atoms with Gasteiger partial charge in [0.25, 0.3) is 0 Å². The van der Waals surface area contributed by atoms with Crippen LogP contribution in [0.2, 0.25) is 0 Å². The van der Waals surface area contributed by atoms with Gasteiger partial charge in [-0.15, -0.1) is 0 Å². The Kier molecular flexibility index (Phi) is 6.36. The Morgan fingerprint density at radius 1 is 0.340 bits per heavy atom. The molecule has 1 aliphatic carbocycles. The summed E-state index contributed by atoms with van der Waals surface area (Å²) in [7, 11) is 0. The first-order chi connectivity index (χ1) is 23.3. The van der Waals surface area contributed by atoms with Crippen LogP contribution in [0.15, 0.2) is 176 Å². The zero-order valence-electron chi connectivity index (χ0n) is 25.6. The molecule has 0 spiro atoms. The van der Waals surface area contributed by atoms with Crippen LogP contribution in [0.3, 0.4) is 0 Å². The van der Waals surface area contributed by atoms with E-state index in [4.69, 9.17) is 15.0 Å². The summed E-state index contributed by atoms with van der Waals surface area (Å²) in [6.07, 6.45) is 0. The molecule has 1 aromatic heterocycles. The molecule has 1 heterocycles. The molecule has 0 saturated carbocycles. The van der Waals surface area contributed by atoms with E-state index in [1.54, 1.807) is 0 Å². The molecule has 0 saturated heterocycles. The number of hydrogen-bond acceptors (Lipinski definition) is 3. The van der Waals surface area contributed by atoms with E-state index in [-0.39, 0.29) is 0 Å². The summed E-state index contributed by atoms with van der Waals surface area (Å²) >= 11 is 0. The largest absolute Gasteiger partial charge is 0.208 e. The number of benzene rings is 7. The van der Waals surface area contributed by atoms with Crippen LogP contribution in [0.5, 0.6) is 0 Å². The quantitative estimate of drug-likeness (QED) is 0.198. The maximum atomic E-state index is 5.20. The third-order valence-electron chi connectivity index (χ3n) is 9.41. The van der Waals surface area contributed by atoms with Gasteiger partial charge >= 0.3 is 0 Å². The molecule has 0 atom stereocenters. The van der Waals surface area contributed by atoms with Gasteiger partial charge in [-0.1, -0.05) is 170 Å². The van der Waals surface area contributed by atoms with Gasteiger partial charge in [0, 0.05) is 16.7 Å². The number of aromatic nitrogens is 3. The normalized spacial score (nSPS) is 12.9. The highest BCUT2D eigenvalue weighted by atomic mass is 15.0. The predicted molar refractivity (Wildman–Crippen MR) is 191 cm³/mol. The van der Waals surface area contributed by atoms with E-state index in [1.807, 2.05) is 18.2 Å². The van der Waals surface area contributed by atoms with Crippen LogP contribution in [-0.4, -0.2) is 15.0 Å². The maximum Gasteiger partial charge on any atom is 0.164 e. The molecule has 220 valence electrons. The number of hydrogen-bond donors (Lipinski definition) is 0. The second-order valence-electron chi connectivity index (χ2n) is 12.0. The first-order valence-corrected chi connectivity index (χ1v) is 16.0. The molecule has 1 aliphatic rings. The highest BCUT2D eigenvalue weighted by Gasteiger charge is 2.46. The van der Waals surface area contributed by atoms with E-state index in [2.05, 4.69) is 158 Å². The SMILES string of the molecule is c1ccc(-c2nc(-c3ccc4c(c3)C(c3ccccc3)(c3ccccc3)c3ccccc3-4)nc(-c3cccc4ccccc34)n2)cc1. The topological polar surface area (TPSA) is 38.7 Å².